The van der Waals surface area contributed by atoms with Crippen molar-refractivity contribution in [2.75, 3.05) is 0 Å². The van der Waals surface area contributed by atoms with E-state index in [9.17, 15) is 8.42 Å². The number of aromatic nitrogens is 2. The van der Waals surface area contributed by atoms with Gasteiger partial charge in [-0.1, -0.05) is 13.8 Å². The number of rotatable bonds is 7. The minimum atomic E-state index is -3.53. The average molecular weight is 300 g/mol. The van der Waals surface area contributed by atoms with Crippen LogP contribution in [0.5, 0.6) is 0 Å². The van der Waals surface area contributed by atoms with E-state index in [4.69, 9.17) is 0 Å². The number of hydrogen-bond acceptors (Lipinski definition) is 4. The van der Waals surface area contributed by atoms with Crippen LogP contribution in [0.3, 0.4) is 0 Å². The molecule has 114 valence electrons. The Labute approximate surface area is 120 Å². The smallest absolute Gasteiger partial charge is 0.244 e. The molecule has 2 rings (SSSR count). The Kier molecular flexibility index (Phi) is 4.51. The number of H-pyrrole nitrogens is 1. The van der Waals surface area contributed by atoms with Crippen LogP contribution in [0.25, 0.3) is 0 Å². The molecule has 0 aromatic carbocycles. The normalized spacial score (nSPS) is 17.6. The van der Waals surface area contributed by atoms with Crippen molar-refractivity contribution in [1.82, 2.24) is 20.2 Å². The van der Waals surface area contributed by atoms with E-state index in [1.54, 1.807) is 6.92 Å². The second kappa shape index (κ2) is 5.83. The highest BCUT2D eigenvalue weighted by atomic mass is 32.2. The molecule has 0 aliphatic heterocycles. The van der Waals surface area contributed by atoms with E-state index in [1.165, 1.54) is 0 Å². The first kappa shape index (κ1) is 15.5. The second-order valence-electron chi connectivity index (χ2n) is 5.93. The summed E-state index contributed by atoms with van der Waals surface area (Å²) in [6.07, 6.45) is 2.32. The number of sulfonamides is 1. The molecule has 6 nitrogen and oxygen atoms in total. The topological polar surface area (TPSA) is 86.9 Å². The summed E-state index contributed by atoms with van der Waals surface area (Å²) in [5.74, 6) is 0.241. The fourth-order valence-electron chi connectivity index (χ4n) is 1.91. The summed E-state index contributed by atoms with van der Waals surface area (Å²) in [5, 5.41) is 10.2. The zero-order valence-corrected chi connectivity index (χ0v) is 13.3. The minimum absolute atomic E-state index is 0.112. The molecule has 1 unspecified atom stereocenters. The minimum Gasteiger partial charge on any atom is -0.308 e. The van der Waals surface area contributed by atoms with Crippen LogP contribution in [-0.2, 0) is 16.6 Å². The van der Waals surface area contributed by atoms with Gasteiger partial charge in [-0.25, -0.2) is 13.1 Å². The third kappa shape index (κ3) is 3.59. The van der Waals surface area contributed by atoms with Gasteiger partial charge in [-0.2, -0.15) is 5.10 Å². The third-order valence-electron chi connectivity index (χ3n) is 3.71. The predicted molar refractivity (Wildman–Crippen MR) is 77.8 cm³/mol. The van der Waals surface area contributed by atoms with Gasteiger partial charge < -0.3 is 5.32 Å². The molecule has 1 heterocycles. The first-order valence-electron chi connectivity index (χ1n) is 7.11. The summed E-state index contributed by atoms with van der Waals surface area (Å²) in [6, 6.07) is 0.406. The van der Waals surface area contributed by atoms with E-state index in [2.05, 4.69) is 20.2 Å². The molecule has 0 saturated heterocycles. The highest BCUT2D eigenvalue weighted by Crippen LogP contribution is 2.22. The molecule has 1 saturated carbocycles. The maximum atomic E-state index is 12.5. The van der Waals surface area contributed by atoms with Crippen LogP contribution in [-0.4, -0.2) is 30.7 Å². The van der Waals surface area contributed by atoms with Gasteiger partial charge in [0.1, 0.15) is 4.90 Å². The van der Waals surface area contributed by atoms with Crippen molar-refractivity contribution in [3.05, 3.63) is 11.4 Å². The maximum Gasteiger partial charge on any atom is 0.244 e. The van der Waals surface area contributed by atoms with Gasteiger partial charge in [0.05, 0.1) is 11.4 Å². The largest absolute Gasteiger partial charge is 0.308 e. The van der Waals surface area contributed by atoms with Gasteiger partial charge in [0.25, 0.3) is 0 Å². The first-order valence-corrected chi connectivity index (χ1v) is 8.59. The zero-order valence-electron chi connectivity index (χ0n) is 12.5. The summed E-state index contributed by atoms with van der Waals surface area (Å²) in [6.45, 7) is 8.08. The van der Waals surface area contributed by atoms with Crippen molar-refractivity contribution in [2.45, 2.75) is 64.1 Å². The fourth-order valence-corrected chi connectivity index (χ4v) is 3.67. The summed E-state index contributed by atoms with van der Waals surface area (Å²) in [7, 11) is -3.53. The molecule has 0 amide bonds. The van der Waals surface area contributed by atoms with Gasteiger partial charge in [0, 0.05) is 18.6 Å². The molecular formula is C13H24N4O2S. The highest BCUT2D eigenvalue weighted by molar-refractivity contribution is 7.89. The SMILES string of the molecule is Cc1[nH]nc(CNC2CC2)c1S(=O)(=O)NC(C)C(C)C. The molecule has 1 aliphatic rings. The van der Waals surface area contributed by atoms with Gasteiger partial charge >= 0.3 is 0 Å². The monoisotopic (exact) mass is 300 g/mol. The Morgan fingerprint density at radius 1 is 1.35 bits per heavy atom. The van der Waals surface area contributed by atoms with Gasteiger partial charge in [0.2, 0.25) is 10.0 Å². The van der Waals surface area contributed by atoms with Crippen LogP contribution in [0.15, 0.2) is 4.90 Å². The van der Waals surface area contributed by atoms with E-state index in [-0.39, 0.29) is 16.9 Å². The quantitative estimate of drug-likeness (QED) is 0.708. The standard InChI is InChI=1S/C13H24N4O2S/c1-8(2)9(3)17-20(18,19)13-10(4)15-16-12(13)7-14-11-5-6-11/h8-9,11,14,17H,5-7H2,1-4H3,(H,15,16). The van der Waals surface area contributed by atoms with E-state index in [1.807, 2.05) is 20.8 Å². The number of aryl methyl sites for hydroxylation is 1. The molecule has 0 bridgehead atoms. The molecule has 1 aromatic rings. The lowest BCUT2D eigenvalue weighted by molar-refractivity contribution is 0.476. The average Bonchev–Trinajstić information content (AvgIpc) is 3.08. The Balaban J connectivity index is 2.18. The number of hydrogen-bond donors (Lipinski definition) is 3. The van der Waals surface area contributed by atoms with Crippen LogP contribution >= 0.6 is 0 Å². The Hall–Kier alpha value is -0.920. The van der Waals surface area contributed by atoms with Gasteiger partial charge in [-0.3, -0.25) is 5.10 Å². The molecule has 3 N–H and O–H groups in total. The van der Waals surface area contributed by atoms with E-state index < -0.39 is 10.0 Å². The first-order chi connectivity index (χ1) is 9.31. The van der Waals surface area contributed by atoms with Crippen molar-refractivity contribution < 1.29 is 8.42 Å². The second-order valence-corrected chi connectivity index (χ2v) is 7.58. The molecule has 0 spiro atoms. The van der Waals surface area contributed by atoms with Crippen molar-refractivity contribution in [3.8, 4) is 0 Å². The summed E-state index contributed by atoms with van der Waals surface area (Å²) in [5.41, 5.74) is 1.15. The van der Waals surface area contributed by atoms with E-state index in [0.29, 0.717) is 24.0 Å². The van der Waals surface area contributed by atoms with Crippen molar-refractivity contribution in [1.29, 1.82) is 0 Å². The highest BCUT2D eigenvalue weighted by Gasteiger charge is 2.28. The van der Waals surface area contributed by atoms with Crippen molar-refractivity contribution >= 4 is 10.0 Å². The molecule has 0 radical (unpaired) electrons. The molecule has 1 fully saturated rings. The maximum absolute atomic E-state index is 12.5. The molecule has 1 aliphatic carbocycles. The number of nitrogens with one attached hydrogen (secondary N) is 3. The Morgan fingerprint density at radius 2 is 2.00 bits per heavy atom. The third-order valence-corrected chi connectivity index (χ3v) is 5.47. The van der Waals surface area contributed by atoms with E-state index in [0.717, 1.165) is 12.8 Å². The Morgan fingerprint density at radius 3 is 2.55 bits per heavy atom. The summed E-state index contributed by atoms with van der Waals surface area (Å²) < 4.78 is 27.7. The lowest BCUT2D eigenvalue weighted by atomic mass is 10.1. The van der Waals surface area contributed by atoms with Gasteiger partial charge in [0.15, 0.2) is 0 Å². The molecule has 1 aromatic heterocycles. The van der Waals surface area contributed by atoms with Crippen molar-refractivity contribution in [3.63, 3.8) is 0 Å². The fraction of sp³-hybridized carbons (Fsp3) is 0.769. The van der Waals surface area contributed by atoms with Gasteiger partial charge in [-0.05, 0) is 32.6 Å². The lowest BCUT2D eigenvalue weighted by Crippen LogP contribution is -2.36. The molecular weight excluding hydrogens is 276 g/mol. The molecule has 1 atom stereocenters. The summed E-state index contributed by atoms with van der Waals surface area (Å²) >= 11 is 0. The van der Waals surface area contributed by atoms with Crippen LogP contribution < -0.4 is 10.0 Å². The van der Waals surface area contributed by atoms with Crippen LogP contribution in [0.4, 0.5) is 0 Å². The Bertz CT molecular complexity index is 561. The van der Waals surface area contributed by atoms with Gasteiger partial charge in [-0.15, -0.1) is 0 Å². The van der Waals surface area contributed by atoms with Crippen LogP contribution in [0, 0.1) is 12.8 Å². The molecule has 7 heteroatoms. The predicted octanol–water partition coefficient (Wildman–Crippen LogP) is 1.29. The lowest BCUT2D eigenvalue weighted by Gasteiger charge is -2.17. The zero-order chi connectivity index (χ0) is 14.9. The van der Waals surface area contributed by atoms with Crippen LogP contribution in [0.1, 0.15) is 45.0 Å². The van der Waals surface area contributed by atoms with Crippen LogP contribution in [0.2, 0.25) is 0 Å². The molecule has 20 heavy (non-hydrogen) atoms. The number of nitrogens with zero attached hydrogens (tertiary/aromatic N) is 1. The van der Waals surface area contributed by atoms with E-state index >= 15 is 0 Å². The van der Waals surface area contributed by atoms with Crippen molar-refractivity contribution in [2.24, 2.45) is 5.92 Å². The summed E-state index contributed by atoms with van der Waals surface area (Å²) in [4.78, 5) is 0.290. The number of aromatic amines is 1.